The Morgan fingerprint density at radius 2 is 1.13 bits per heavy atom. The van der Waals surface area contributed by atoms with Crippen LogP contribution in [0.2, 0.25) is 0 Å². The third-order valence-corrected chi connectivity index (χ3v) is 11.7. The molecule has 4 nitrogen and oxygen atoms in total. The van der Waals surface area contributed by atoms with E-state index in [0.29, 0.717) is 5.84 Å². The molecule has 0 bridgehead atoms. The monoisotopic (exact) mass is 709 g/mol. The molecule has 0 radical (unpaired) electrons. The molecule has 1 atom stereocenters. The maximum atomic E-state index is 6.64. The smallest absolute Gasteiger partial charge is 0.159 e. The quantitative estimate of drug-likeness (QED) is 0.193. The molecule has 3 heterocycles. The number of nitrogens with zero attached hydrogens (tertiary/aromatic N) is 2. The summed E-state index contributed by atoms with van der Waals surface area (Å²) in [5.74, 6) is 1.51. The van der Waals surface area contributed by atoms with Crippen molar-refractivity contribution >= 4 is 75.9 Å². The summed E-state index contributed by atoms with van der Waals surface area (Å²) in [5, 5.41) is 10.7. The number of nitrogens with one attached hydrogen (secondary N) is 1. The average molecular weight is 710 g/mol. The van der Waals surface area contributed by atoms with Gasteiger partial charge >= 0.3 is 0 Å². The first-order valence-corrected chi connectivity index (χ1v) is 19.0. The van der Waals surface area contributed by atoms with Gasteiger partial charge in [0.25, 0.3) is 0 Å². The Morgan fingerprint density at radius 1 is 0.481 bits per heavy atom. The van der Waals surface area contributed by atoms with Gasteiger partial charge in [0.2, 0.25) is 0 Å². The summed E-state index contributed by atoms with van der Waals surface area (Å²) in [5.41, 5.74) is 9.40. The lowest BCUT2D eigenvalue weighted by Gasteiger charge is -2.24. The van der Waals surface area contributed by atoms with E-state index in [1.54, 1.807) is 0 Å². The molecule has 11 rings (SSSR count). The van der Waals surface area contributed by atoms with Crippen LogP contribution in [0.4, 0.5) is 0 Å². The third kappa shape index (κ3) is 4.97. The van der Waals surface area contributed by atoms with Gasteiger partial charge in [0.05, 0.1) is 0 Å². The van der Waals surface area contributed by atoms with Crippen molar-refractivity contribution in [2.45, 2.75) is 6.17 Å². The fourth-order valence-electron chi connectivity index (χ4n) is 8.06. The zero-order valence-corrected chi connectivity index (χ0v) is 29.8. The van der Waals surface area contributed by atoms with Crippen molar-refractivity contribution in [1.82, 2.24) is 5.32 Å². The minimum absolute atomic E-state index is 0.299. The average Bonchev–Trinajstić information content (AvgIpc) is 3.82. The van der Waals surface area contributed by atoms with Crippen LogP contribution in [-0.4, -0.2) is 11.7 Å². The van der Waals surface area contributed by atoms with Gasteiger partial charge in [-0.3, -0.25) is 0 Å². The van der Waals surface area contributed by atoms with Crippen molar-refractivity contribution in [1.29, 1.82) is 0 Å². The van der Waals surface area contributed by atoms with Crippen LogP contribution in [0.25, 0.3) is 75.1 Å². The number of fused-ring (bicyclic) bond motifs is 7. The van der Waals surface area contributed by atoms with Crippen LogP contribution in [0.15, 0.2) is 190 Å². The lowest BCUT2D eigenvalue weighted by molar-refractivity contribution is 0.670. The number of benzene rings is 8. The summed E-state index contributed by atoms with van der Waals surface area (Å²) < 4.78 is 9.19. The number of hydrogen-bond donors (Lipinski definition) is 1. The minimum Gasteiger partial charge on any atom is -0.455 e. The number of hydrogen-bond acceptors (Lipinski definition) is 5. The Bertz CT molecular complexity index is 3140. The molecular weight excluding hydrogens is 679 g/mol. The van der Waals surface area contributed by atoms with Crippen molar-refractivity contribution < 1.29 is 4.42 Å². The first-order chi connectivity index (χ1) is 26.8. The zero-order chi connectivity index (χ0) is 35.6. The molecule has 0 saturated carbocycles. The highest BCUT2D eigenvalue weighted by molar-refractivity contribution is 7.25. The van der Waals surface area contributed by atoms with Gasteiger partial charge in [-0.1, -0.05) is 146 Å². The molecular formula is C49H31N3OS. The van der Waals surface area contributed by atoms with Crippen LogP contribution in [0.5, 0.6) is 0 Å². The largest absolute Gasteiger partial charge is 0.455 e. The summed E-state index contributed by atoms with van der Waals surface area (Å²) in [6, 6.07) is 62.0. The van der Waals surface area contributed by atoms with Gasteiger partial charge in [-0.25, -0.2) is 9.98 Å². The summed E-state index contributed by atoms with van der Waals surface area (Å²) in [6.45, 7) is 0. The van der Waals surface area contributed by atoms with E-state index in [-0.39, 0.29) is 6.17 Å². The Hall–Kier alpha value is -6.82. The molecule has 5 heteroatoms. The minimum atomic E-state index is -0.299. The highest BCUT2D eigenvalue weighted by Gasteiger charge is 2.24. The first kappa shape index (κ1) is 30.8. The second-order valence-corrected chi connectivity index (χ2v) is 14.8. The van der Waals surface area contributed by atoms with Gasteiger partial charge in [0, 0.05) is 47.6 Å². The van der Waals surface area contributed by atoms with Crippen LogP contribution in [-0.2, 0) is 0 Å². The van der Waals surface area contributed by atoms with Crippen LogP contribution in [0.3, 0.4) is 0 Å². The molecule has 1 N–H and O–H groups in total. The second kappa shape index (κ2) is 12.4. The van der Waals surface area contributed by atoms with E-state index in [4.69, 9.17) is 14.4 Å². The topological polar surface area (TPSA) is 49.9 Å². The van der Waals surface area contributed by atoms with E-state index in [1.807, 2.05) is 23.5 Å². The van der Waals surface area contributed by atoms with Gasteiger partial charge in [-0.15, -0.1) is 11.3 Å². The van der Waals surface area contributed by atoms with Crippen LogP contribution in [0.1, 0.15) is 22.9 Å². The van der Waals surface area contributed by atoms with Crippen LogP contribution >= 0.6 is 11.3 Å². The van der Waals surface area contributed by atoms with Crippen molar-refractivity contribution in [3.05, 3.63) is 193 Å². The Kier molecular flexibility index (Phi) is 7.07. The van der Waals surface area contributed by atoms with Gasteiger partial charge in [0.1, 0.15) is 23.2 Å². The van der Waals surface area contributed by atoms with E-state index in [2.05, 4.69) is 169 Å². The lowest BCUT2D eigenvalue weighted by Crippen LogP contribution is -2.33. The van der Waals surface area contributed by atoms with E-state index in [0.717, 1.165) is 77.5 Å². The standard InChI is InChI=1S/C49H31N3OS/c1-3-13-30(14-4-1)33-18-9-24-40-45-38(22-12-25-42(45)53-46(33)40)35-20-10-21-36-34(35)19-11-23-39(36)49-51-47(31-15-5-2-6-16-31)50-48(52-49)32-27-28-44-41(29-32)37-17-7-8-26-43(37)54-44/h1-29,47H,(H,50,51,52). The Morgan fingerprint density at radius 3 is 1.98 bits per heavy atom. The number of rotatable bonds is 5. The molecule has 1 aliphatic rings. The van der Waals surface area contributed by atoms with Crippen molar-refractivity contribution in [3.8, 4) is 22.3 Å². The van der Waals surface area contributed by atoms with E-state index >= 15 is 0 Å². The van der Waals surface area contributed by atoms with Crippen LogP contribution < -0.4 is 5.32 Å². The third-order valence-electron chi connectivity index (χ3n) is 10.6. The molecule has 10 aromatic rings. The number of thiophene rings is 1. The molecule has 1 aliphatic heterocycles. The number of para-hydroxylation sites is 1. The van der Waals surface area contributed by atoms with E-state index in [9.17, 15) is 0 Å². The molecule has 0 spiro atoms. The molecule has 0 aliphatic carbocycles. The van der Waals surface area contributed by atoms with E-state index in [1.165, 1.54) is 20.2 Å². The zero-order valence-electron chi connectivity index (χ0n) is 29.0. The number of amidine groups is 2. The number of furan rings is 1. The first-order valence-electron chi connectivity index (χ1n) is 18.2. The summed E-state index contributed by atoms with van der Waals surface area (Å²) in [4.78, 5) is 10.5. The molecule has 0 fully saturated rings. The van der Waals surface area contributed by atoms with Crippen molar-refractivity contribution in [3.63, 3.8) is 0 Å². The fourth-order valence-corrected chi connectivity index (χ4v) is 9.14. The molecule has 0 amide bonds. The predicted molar refractivity (Wildman–Crippen MR) is 227 cm³/mol. The second-order valence-electron chi connectivity index (χ2n) is 13.7. The molecule has 1 unspecified atom stereocenters. The molecule has 2 aromatic heterocycles. The molecule has 254 valence electrons. The highest BCUT2D eigenvalue weighted by Crippen LogP contribution is 2.42. The van der Waals surface area contributed by atoms with Crippen LogP contribution in [0, 0.1) is 0 Å². The van der Waals surface area contributed by atoms with Gasteiger partial charge in [0.15, 0.2) is 5.84 Å². The SMILES string of the molecule is c1ccc(-c2cccc3c2oc2cccc(-c4cccc5c(C6=NC(c7ccc8sc9ccccc9c8c7)=NC(c7ccccc7)N6)cccc45)c23)cc1. The predicted octanol–water partition coefficient (Wildman–Crippen LogP) is 12.9. The van der Waals surface area contributed by atoms with Crippen molar-refractivity contribution in [2.75, 3.05) is 0 Å². The lowest BCUT2D eigenvalue weighted by atomic mass is 9.92. The maximum absolute atomic E-state index is 6.64. The fraction of sp³-hybridized carbons (Fsp3) is 0.0204. The van der Waals surface area contributed by atoms with Gasteiger partial charge in [-0.05, 0) is 63.4 Å². The van der Waals surface area contributed by atoms with Gasteiger partial charge in [-0.2, -0.15) is 0 Å². The normalized spacial score (nSPS) is 14.5. The Balaban J connectivity index is 1.08. The summed E-state index contributed by atoms with van der Waals surface area (Å²) >= 11 is 1.82. The Labute approximate surface area is 315 Å². The number of aliphatic imine (C=N–C) groups is 2. The molecule has 0 saturated heterocycles. The highest BCUT2D eigenvalue weighted by atomic mass is 32.1. The molecule has 54 heavy (non-hydrogen) atoms. The van der Waals surface area contributed by atoms with Gasteiger partial charge < -0.3 is 9.73 Å². The summed E-state index contributed by atoms with van der Waals surface area (Å²) in [6.07, 6.45) is -0.299. The summed E-state index contributed by atoms with van der Waals surface area (Å²) in [7, 11) is 0. The molecule has 8 aromatic carbocycles. The van der Waals surface area contributed by atoms with Crippen molar-refractivity contribution in [2.24, 2.45) is 9.98 Å². The maximum Gasteiger partial charge on any atom is 0.159 e. The van der Waals surface area contributed by atoms with E-state index < -0.39 is 0 Å².